The van der Waals surface area contributed by atoms with Crippen LogP contribution in [0.4, 0.5) is 0 Å². The van der Waals surface area contributed by atoms with Gasteiger partial charge >= 0.3 is 0 Å². The summed E-state index contributed by atoms with van der Waals surface area (Å²) >= 11 is 3.40. The SMILES string of the molecule is CCn1cnc2c(Br)cncc21. The zero-order valence-electron chi connectivity index (χ0n) is 6.66. The van der Waals surface area contributed by atoms with Crippen LogP contribution in [0.3, 0.4) is 0 Å². The number of aromatic nitrogens is 3. The number of hydrogen-bond donors (Lipinski definition) is 0. The molecule has 0 saturated carbocycles. The van der Waals surface area contributed by atoms with Crippen molar-refractivity contribution in [1.29, 1.82) is 0 Å². The molecule has 0 amide bonds. The van der Waals surface area contributed by atoms with Gasteiger partial charge in [-0.25, -0.2) is 4.98 Å². The molecule has 0 unspecified atom stereocenters. The normalized spacial score (nSPS) is 10.8. The topological polar surface area (TPSA) is 30.7 Å². The smallest absolute Gasteiger partial charge is 0.106 e. The third-order valence-corrected chi connectivity index (χ3v) is 2.41. The highest BCUT2D eigenvalue weighted by atomic mass is 79.9. The van der Waals surface area contributed by atoms with Crippen molar-refractivity contribution < 1.29 is 0 Å². The molecule has 0 radical (unpaired) electrons. The van der Waals surface area contributed by atoms with Gasteiger partial charge in [0, 0.05) is 12.7 Å². The Balaban J connectivity index is 2.80. The van der Waals surface area contributed by atoms with Crippen LogP contribution >= 0.6 is 15.9 Å². The van der Waals surface area contributed by atoms with Gasteiger partial charge in [0.2, 0.25) is 0 Å². The number of rotatable bonds is 1. The van der Waals surface area contributed by atoms with Crippen molar-refractivity contribution in [3.8, 4) is 0 Å². The standard InChI is InChI=1S/C8H8BrN3/c1-2-12-5-11-8-6(9)3-10-4-7(8)12/h3-5H,2H2,1H3. The van der Waals surface area contributed by atoms with Crippen LogP contribution in [0.15, 0.2) is 23.2 Å². The van der Waals surface area contributed by atoms with Crippen LogP contribution in [-0.2, 0) is 6.54 Å². The molecule has 0 atom stereocenters. The molecule has 0 aliphatic heterocycles. The predicted molar refractivity (Wildman–Crippen MR) is 50.9 cm³/mol. The van der Waals surface area contributed by atoms with Crippen molar-refractivity contribution in [3.63, 3.8) is 0 Å². The maximum Gasteiger partial charge on any atom is 0.106 e. The van der Waals surface area contributed by atoms with Gasteiger partial charge in [-0.2, -0.15) is 0 Å². The molecule has 0 aliphatic carbocycles. The number of imidazole rings is 1. The Morgan fingerprint density at radius 2 is 2.33 bits per heavy atom. The van der Waals surface area contributed by atoms with E-state index in [4.69, 9.17) is 0 Å². The minimum absolute atomic E-state index is 0.925. The Morgan fingerprint density at radius 1 is 1.50 bits per heavy atom. The summed E-state index contributed by atoms with van der Waals surface area (Å²) in [5.41, 5.74) is 2.05. The molecule has 2 aromatic rings. The zero-order chi connectivity index (χ0) is 8.55. The summed E-state index contributed by atoms with van der Waals surface area (Å²) in [7, 11) is 0. The Bertz CT molecular complexity index is 408. The molecule has 2 rings (SSSR count). The first-order chi connectivity index (χ1) is 5.83. The summed E-state index contributed by atoms with van der Waals surface area (Å²) in [5, 5.41) is 0. The van der Waals surface area contributed by atoms with Gasteiger partial charge in [-0.15, -0.1) is 0 Å². The Kier molecular flexibility index (Phi) is 1.84. The molecule has 12 heavy (non-hydrogen) atoms. The first-order valence-corrected chi connectivity index (χ1v) is 4.56. The van der Waals surface area contributed by atoms with Crippen LogP contribution in [0.25, 0.3) is 11.0 Å². The van der Waals surface area contributed by atoms with Gasteiger partial charge in [0.15, 0.2) is 0 Å². The van der Waals surface area contributed by atoms with Gasteiger partial charge in [0.1, 0.15) is 5.52 Å². The number of aryl methyl sites for hydroxylation is 1. The summed E-state index contributed by atoms with van der Waals surface area (Å²) in [6, 6.07) is 0. The minimum Gasteiger partial charge on any atom is -0.330 e. The van der Waals surface area contributed by atoms with Gasteiger partial charge in [-0.3, -0.25) is 4.98 Å². The molecule has 62 valence electrons. The number of fused-ring (bicyclic) bond motifs is 1. The van der Waals surface area contributed by atoms with E-state index in [0.29, 0.717) is 0 Å². The third kappa shape index (κ3) is 1.03. The maximum absolute atomic E-state index is 4.27. The zero-order valence-corrected chi connectivity index (χ0v) is 8.24. The molecule has 3 nitrogen and oxygen atoms in total. The fourth-order valence-electron chi connectivity index (χ4n) is 1.20. The predicted octanol–water partition coefficient (Wildman–Crippen LogP) is 2.21. The summed E-state index contributed by atoms with van der Waals surface area (Å²) < 4.78 is 3.01. The van der Waals surface area contributed by atoms with Crippen LogP contribution in [0, 0.1) is 0 Å². The first-order valence-electron chi connectivity index (χ1n) is 3.77. The second-order valence-electron chi connectivity index (χ2n) is 2.52. The minimum atomic E-state index is 0.925. The molecule has 4 heteroatoms. The summed E-state index contributed by atoms with van der Waals surface area (Å²) in [6.45, 7) is 3.01. The summed E-state index contributed by atoms with van der Waals surface area (Å²) in [4.78, 5) is 8.35. The monoisotopic (exact) mass is 225 g/mol. The Hall–Kier alpha value is -0.900. The van der Waals surface area contributed by atoms with Crippen molar-refractivity contribution >= 4 is 27.0 Å². The summed E-state index contributed by atoms with van der Waals surface area (Å²) in [5.74, 6) is 0. The molecule has 2 aromatic heterocycles. The molecule has 0 aliphatic rings. The average molecular weight is 226 g/mol. The van der Waals surface area contributed by atoms with Crippen molar-refractivity contribution in [2.45, 2.75) is 13.5 Å². The molecule has 0 saturated heterocycles. The van der Waals surface area contributed by atoms with E-state index >= 15 is 0 Å². The second-order valence-corrected chi connectivity index (χ2v) is 3.37. The highest BCUT2D eigenvalue weighted by Gasteiger charge is 2.03. The lowest BCUT2D eigenvalue weighted by Crippen LogP contribution is -1.90. The van der Waals surface area contributed by atoms with Crippen molar-refractivity contribution in [1.82, 2.24) is 14.5 Å². The van der Waals surface area contributed by atoms with Gasteiger partial charge in [-0.05, 0) is 22.9 Å². The van der Waals surface area contributed by atoms with Crippen LogP contribution in [0.1, 0.15) is 6.92 Å². The quantitative estimate of drug-likeness (QED) is 0.746. The number of hydrogen-bond acceptors (Lipinski definition) is 2. The number of halogens is 1. The lowest BCUT2D eigenvalue weighted by molar-refractivity contribution is 0.786. The van der Waals surface area contributed by atoms with Crippen molar-refractivity contribution in [3.05, 3.63) is 23.2 Å². The summed E-state index contributed by atoms with van der Waals surface area (Å²) in [6.07, 6.45) is 5.42. The van der Waals surface area contributed by atoms with Gasteiger partial charge in [0.25, 0.3) is 0 Å². The van der Waals surface area contributed by atoms with Crippen LogP contribution in [-0.4, -0.2) is 14.5 Å². The molecule has 0 N–H and O–H groups in total. The number of nitrogens with zero attached hydrogens (tertiary/aromatic N) is 3. The largest absolute Gasteiger partial charge is 0.330 e. The average Bonchev–Trinajstić information content (AvgIpc) is 2.49. The fraction of sp³-hybridized carbons (Fsp3) is 0.250. The number of pyridine rings is 1. The Labute approximate surface area is 78.6 Å². The van der Waals surface area contributed by atoms with Crippen LogP contribution in [0.2, 0.25) is 0 Å². The van der Waals surface area contributed by atoms with Gasteiger partial charge < -0.3 is 4.57 Å². The fourth-order valence-corrected chi connectivity index (χ4v) is 1.62. The highest BCUT2D eigenvalue weighted by Crippen LogP contribution is 2.20. The van der Waals surface area contributed by atoms with E-state index in [0.717, 1.165) is 22.1 Å². The van der Waals surface area contributed by atoms with Crippen molar-refractivity contribution in [2.75, 3.05) is 0 Å². The third-order valence-electron chi connectivity index (χ3n) is 1.83. The molecular formula is C8H8BrN3. The second kappa shape index (κ2) is 2.86. The lowest BCUT2D eigenvalue weighted by atomic mass is 10.4. The van der Waals surface area contributed by atoms with Gasteiger partial charge in [0.05, 0.1) is 22.5 Å². The molecule has 2 heterocycles. The van der Waals surface area contributed by atoms with Crippen molar-refractivity contribution in [2.24, 2.45) is 0 Å². The van der Waals surface area contributed by atoms with Crippen LogP contribution < -0.4 is 0 Å². The molecular weight excluding hydrogens is 218 g/mol. The van der Waals surface area contributed by atoms with Crippen LogP contribution in [0.5, 0.6) is 0 Å². The van der Waals surface area contributed by atoms with E-state index < -0.39 is 0 Å². The molecule has 0 bridgehead atoms. The van der Waals surface area contributed by atoms with E-state index in [-0.39, 0.29) is 0 Å². The van der Waals surface area contributed by atoms with E-state index in [1.54, 1.807) is 6.20 Å². The molecule has 0 fully saturated rings. The lowest BCUT2D eigenvalue weighted by Gasteiger charge is -1.97. The molecule has 0 aromatic carbocycles. The molecule has 0 spiro atoms. The van der Waals surface area contributed by atoms with E-state index in [1.807, 2.05) is 12.5 Å². The van der Waals surface area contributed by atoms with Gasteiger partial charge in [-0.1, -0.05) is 0 Å². The van der Waals surface area contributed by atoms with E-state index in [2.05, 4.69) is 37.4 Å². The first kappa shape index (κ1) is 7.73. The highest BCUT2D eigenvalue weighted by molar-refractivity contribution is 9.10. The van der Waals surface area contributed by atoms with E-state index in [9.17, 15) is 0 Å². The van der Waals surface area contributed by atoms with E-state index in [1.165, 1.54) is 0 Å². The maximum atomic E-state index is 4.27. The Morgan fingerprint density at radius 3 is 3.08 bits per heavy atom.